The summed E-state index contributed by atoms with van der Waals surface area (Å²) < 4.78 is 8.96. The predicted octanol–water partition coefficient (Wildman–Crippen LogP) is 3.86. The van der Waals surface area contributed by atoms with Crippen molar-refractivity contribution in [3.05, 3.63) is 76.0 Å². The zero-order valence-corrected chi connectivity index (χ0v) is 14.2. The molecule has 0 amide bonds. The van der Waals surface area contributed by atoms with Crippen LogP contribution in [0.25, 0.3) is 5.70 Å². The Morgan fingerprint density at radius 2 is 1.96 bits per heavy atom. The second-order valence-electron chi connectivity index (χ2n) is 5.79. The van der Waals surface area contributed by atoms with Gasteiger partial charge in [-0.2, -0.15) is 10.1 Å². The highest BCUT2D eigenvalue weighted by atomic mass is 79.9. The van der Waals surface area contributed by atoms with Gasteiger partial charge in [-0.1, -0.05) is 40.2 Å². The molecule has 3 aromatic rings. The lowest BCUT2D eigenvalue weighted by molar-refractivity contribution is 0.328. The minimum absolute atomic E-state index is 0.0276. The van der Waals surface area contributed by atoms with Crippen molar-refractivity contribution in [1.82, 2.24) is 14.8 Å². The van der Waals surface area contributed by atoms with Crippen molar-refractivity contribution >= 4 is 27.6 Å². The fourth-order valence-corrected chi connectivity index (χ4v) is 3.60. The number of rotatable bonds is 1. The van der Waals surface area contributed by atoms with Gasteiger partial charge in [-0.25, -0.2) is 4.68 Å². The van der Waals surface area contributed by atoms with Crippen LogP contribution in [0.1, 0.15) is 17.2 Å². The molecule has 3 heterocycles. The van der Waals surface area contributed by atoms with Crippen molar-refractivity contribution in [3.63, 3.8) is 0 Å². The van der Waals surface area contributed by atoms with Gasteiger partial charge in [0.25, 0.3) is 0 Å². The van der Waals surface area contributed by atoms with Crippen LogP contribution in [0.5, 0.6) is 5.75 Å². The Hall–Kier alpha value is -2.60. The van der Waals surface area contributed by atoms with E-state index >= 15 is 0 Å². The molecule has 0 radical (unpaired) electrons. The average Bonchev–Trinajstić information content (AvgIpc) is 3.09. The Balaban J connectivity index is 1.73. The van der Waals surface area contributed by atoms with Crippen LogP contribution in [0, 0.1) is 0 Å². The number of anilines is 1. The van der Waals surface area contributed by atoms with Gasteiger partial charge in [0.1, 0.15) is 24.7 Å². The predicted molar refractivity (Wildman–Crippen MR) is 94.8 cm³/mol. The van der Waals surface area contributed by atoms with E-state index < -0.39 is 0 Å². The number of halogens is 1. The first-order chi connectivity index (χ1) is 11.8. The van der Waals surface area contributed by atoms with E-state index in [-0.39, 0.29) is 6.04 Å². The number of nitrogens with one attached hydrogen (secondary N) is 1. The van der Waals surface area contributed by atoms with Crippen LogP contribution in [0.2, 0.25) is 0 Å². The monoisotopic (exact) mass is 380 g/mol. The van der Waals surface area contributed by atoms with Gasteiger partial charge in [0.2, 0.25) is 5.95 Å². The first-order valence-electron chi connectivity index (χ1n) is 7.68. The van der Waals surface area contributed by atoms with E-state index in [0.717, 1.165) is 38.6 Å². The van der Waals surface area contributed by atoms with Crippen LogP contribution >= 0.6 is 15.9 Å². The first-order valence-corrected chi connectivity index (χ1v) is 8.48. The SMILES string of the molecule is Brc1ccc([C@H]2C3=C(Nc4ncnn42)c2ccccc2OC3)cc1. The van der Waals surface area contributed by atoms with Gasteiger partial charge in [0.15, 0.2) is 0 Å². The van der Waals surface area contributed by atoms with Crippen molar-refractivity contribution in [2.75, 3.05) is 11.9 Å². The van der Waals surface area contributed by atoms with Crippen LogP contribution in [0.4, 0.5) is 5.95 Å². The van der Waals surface area contributed by atoms with E-state index in [1.54, 1.807) is 6.33 Å². The Kier molecular flexibility index (Phi) is 2.99. The molecular weight excluding hydrogens is 368 g/mol. The molecule has 2 aliphatic heterocycles. The van der Waals surface area contributed by atoms with E-state index in [1.807, 2.05) is 35.0 Å². The lowest BCUT2D eigenvalue weighted by Crippen LogP contribution is -2.30. The summed E-state index contributed by atoms with van der Waals surface area (Å²) in [7, 11) is 0. The lowest BCUT2D eigenvalue weighted by Gasteiger charge is -2.34. The number of hydrogen-bond donors (Lipinski definition) is 1. The minimum atomic E-state index is -0.0276. The third-order valence-electron chi connectivity index (χ3n) is 4.43. The zero-order chi connectivity index (χ0) is 16.1. The molecule has 0 spiro atoms. The molecular formula is C18H13BrN4O. The Bertz CT molecular complexity index is 961. The maximum atomic E-state index is 5.99. The first kappa shape index (κ1) is 13.8. The summed E-state index contributed by atoms with van der Waals surface area (Å²) in [6.07, 6.45) is 1.58. The van der Waals surface area contributed by atoms with Gasteiger partial charge < -0.3 is 10.1 Å². The minimum Gasteiger partial charge on any atom is -0.488 e. The van der Waals surface area contributed by atoms with Crippen molar-refractivity contribution in [1.29, 1.82) is 0 Å². The maximum absolute atomic E-state index is 5.99. The molecule has 0 bridgehead atoms. The summed E-state index contributed by atoms with van der Waals surface area (Å²) in [5.41, 5.74) is 4.45. The molecule has 0 saturated carbocycles. The van der Waals surface area contributed by atoms with Crippen LogP contribution < -0.4 is 10.1 Å². The molecule has 24 heavy (non-hydrogen) atoms. The van der Waals surface area contributed by atoms with Crippen LogP contribution in [0.15, 0.2) is 64.9 Å². The van der Waals surface area contributed by atoms with Crippen molar-refractivity contribution < 1.29 is 4.74 Å². The fourth-order valence-electron chi connectivity index (χ4n) is 3.34. The molecule has 0 aliphatic carbocycles. The van der Waals surface area contributed by atoms with Crippen molar-refractivity contribution in [2.24, 2.45) is 0 Å². The van der Waals surface area contributed by atoms with Gasteiger partial charge >= 0.3 is 0 Å². The van der Waals surface area contributed by atoms with Gasteiger partial charge in [-0.05, 0) is 29.8 Å². The number of aromatic nitrogens is 3. The van der Waals surface area contributed by atoms with Gasteiger partial charge in [-0.15, -0.1) is 0 Å². The van der Waals surface area contributed by atoms with Crippen molar-refractivity contribution in [2.45, 2.75) is 6.04 Å². The third kappa shape index (κ3) is 1.99. The zero-order valence-electron chi connectivity index (χ0n) is 12.6. The number of nitrogens with zero attached hydrogens (tertiary/aromatic N) is 3. The molecule has 2 aromatic carbocycles. The number of para-hydroxylation sites is 1. The summed E-state index contributed by atoms with van der Waals surface area (Å²) in [6.45, 7) is 0.527. The molecule has 2 aliphatic rings. The van der Waals surface area contributed by atoms with Crippen LogP contribution in [0.3, 0.4) is 0 Å². The highest BCUT2D eigenvalue weighted by Gasteiger charge is 2.34. The summed E-state index contributed by atoms with van der Waals surface area (Å²) in [5.74, 6) is 1.64. The van der Waals surface area contributed by atoms with E-state index in [0.29, 0.717) is 6.61 Å². The molecule has 1 N–H and O–H groups in total. The molecule has 0 fully saturated rings. The van der Waals surface area contributed by atoms with Gasteiger partial charge in [0.05, 0.1) is 5.70 Å². The second kappa shape index (κ2) is 5.21. The number of hydrogen-bond acceptors (Lipinski definition) is 4. The Labute approximate surface area is 147 Å². The summed E-state index contributed by atoms with van der Waals surface area (Å²) in [5, 5.41) is 7.85. The maximum Gasteiger partial charge on any atom is 0.226 e. The third-order valence-corrected chi connectivity index (χ3v) is 4.96. The number of fused-ring (bicyclic) bond motifs is 3. The molecule has 0 saturated heterocycles. The summed E-state index contributed by atoms with van der Waals surface area (Å²) >= 11 is 3.50. The molecule has 6 heteroatoms. The normalized spacial score (nSPS) is 18.1. The number of ether oxygens (including phenoxy) is 1. The Morgan fingerprint density at radius 1 is 1.12 bits per heavy atom. The van der Waals surface area contributed by atoms with Crippen molar-refractivity contribution in [3.8, 4) is 5.75 Å². The highest BCUT2D eigenvalue weighted by molar-refractivity contribution is 9.10. The average molecular weight is 381 g/mol. The van der Waals surface area contributed by atoms with E-state index in [2.05, 4.69) is 49.5 Å². The molecule has 5 rings (SSSR count). The smallest absolute Gasteiger partial charge is 0.226 e. The highest BCUT2D eigenvalue weighted by Crippen LogP contribution is 2.43. The largest absolute Gasteiger partial charge is 0.488 e. The second-order valence-corrected chi connectivity index (χ2v) is 6.71. The lowest BCUT2D eigenvalue weighted by atomic mass is 9.92. The molecule has 1 atom stereocenters. The summed E-state index contributed by atoms with van der Waals surface area (Å²) in [4.78, 5) is 4.37. The molecule has 118 valence electrons. The quantitative estimate of drug-likeness (QED) is 0.696. The Morgan fingerprint density at radius 3 is 2.83 bits per heavy atom. The molecule has 0 unspecified atom stereocenters. The number of benzene rings is 2. The molecule has 1 aromatic heterocycles. The van der Waals surface area contributed by atoms with Gasteiger partial charge in [-0.3, -0.25) is 0 Å². The van der Waals surface area contributed by atoms with Gasteiger partial charge in [0, 0.05) is 15.6 Å². The van der Waals surface area contributed by atoms with E-state index in [1.165, 1.54) is 0 Å². The summed E-state index contributed by atoms with van der Waals surface area (Å²) in [6, 6.07) is 16.4. The topological polar surface area (TPSA) is 52.0 Å². The fraction of sp³-hybridized carbons (Fsp3) is 0.111. The van der Waals surface area contributed by atoms with Crippen LogP contribution in [-0.2, 0) is 0 Å². The van der Waals surface area contributed by atoms with Crippen LogP contribution in [-0.4, -0.2) is 21.4 Å². The molecule has 5 nitrogen and oxygen atoms in total. The van der Waals surface area contributed by atoms with E-state index in [4.69, 9.17) is 4.74 Å². The standard InChI is InChI=1S/C18H13BrN4O/c19-12-7-5-11(6-8-12)17-14-9-24-15-4-2-1-3-13(15)16(14)22-18-20-10-21-23(17)18/h1-8,10,17H,9H2,(H,20,21,22)/t17-/m0/s1. The van der Waals surface area contributed by atoms with E-state index in [9.17, 15) is 0 Å².